The second-order valence-electron chi connectivity index (χ2n) is 11.4. The largest absolute Gasteiger partial charge is 0.478 e. The molecule has 8 nitrogen and oxygen atoms in total. The van der Waals surface area contributed by atoms with Gasteiger partial charge < -0.3 is 19.1 Å². The van der Waals surface area contributed by atoms with Crippen molar-refractivity contribution < 1.29 is 19.4 Å². The lowest BCUT2D eigenvalue weighted by molar-refractivity contribution is -0.0592. The highest BCUT2D eigenvalue weighted by atomic mass is 35.5. The first-order valence-corrected chi connectivity index (χ1v) is 14.7. The van der Waals surface area contributed by atoms with E-state index in [2.05, 4.69) is 15.5 Å². The third-order valence-electron chi connectivity index (χ3n) is 8.83. The maximum atomic E-state index is 11.6. The molecule has 2 aliphatic heterocycles. The minimum Gasteiger partial charge on any atom is -0.478 e. The first-order valence-electron chi connectivity index (χ1n) is 14.0. The Morgan fingerprint density at radius 2 is 2.02 bits per heavy atom. The molecular weight excluding hydrogens is 563 g/mol. The fraction of sp³-hybridized carbons (Fsp3) is 0.387. The normalized spacial score (nSPS) is 23.7. The lowest BCUT2D eigenvalue weighted by Crippen LogP contribution is -2.37. The zero-order valence-electron chi connectivity index (χ0n) is 22.4. The number of carbonyl (C=O) groups is 1. The fourth-order valence-electron chi connectivity index (χ4n) is 6.30. The second kappa shape index (κ2) is 10.6. The van der Waals surface area contributed by atoms with Crippen LogP contribution in [0.25, 0.3) is 11.0 Å². The molecule has 2 aromatic heterocycles. The predicted octanol–water partition coefficient (Wildman–Crippen LogP) is 5.97. The molecule has 212 valence electrons. The zero-order chi connectivity index (χ0) is 28.1. The van der Waals surface area contributed by atoms with Crippen molar-refractivity contribution in [1.82, 2.24) is 19.4 Å². The molecule has 2 saturated heterocycles. The molecular formula is C31H30Cl2N4O4. The number of piperidine rings is 1. The van der Waals surface area contributed by atoms with Gasteiger partial charge in [0.15, 0.2) is 0 Å². The Morgan fingerprint density at radius 1 is 1.15 bits per heavy atom. The standard InChI is InChI=1S/C31H30Cl2N4O4/c32-22-6-4-20(24(33)13-22)18-41-29-3-1-2-27(35-29)31-9-10-36(15-21(31)14-31)17-28-34-25-7-5-19(30(38)39)12-26(25)37(28)16-23-8-11-40-23/h1-7,12-13,21,23H,8-11,14-18H2,(H,38,39)/t21-,23+,31+/m1/s1. The molecule has 0 bridgehead atoms. The van der Waals surface area contributed by atoms with Crippen LogP contribution in [0.3, 0.4) is 0 Å². The van der Waals surface area contributed by atoms with E-state index < -0.39 is 5.97 Å². The molecule has 1 saturated carbocycles. The highest BCUT2D eigenvalue weighted by Crippen LogP contribution is 2.59. The number of pyridine rings is 1. The van der Waals surface area contributed by atoms with E-state index in [4.69, 9.17) is 42.6 Å². The van der Waals surface area contributed by atoms with Crippen molar-refractivity contribution in [2.45, 2.75) is 50.5 Å². The number of hydrogen-bond donors (Lipinski definition) is 1. The van der Waals surface area contributed by atoms with Crippen LogP contribution in [0.2, 0.25) is 10.0 Å². The molecule has 0 radical (unpaired) electrons. The number of likely N-dealkylation sites (tertiary alicyclic amines) is 1. The van der Waals surface area contributed by atoms with Gasteiger partial charge in [-0.3, -0.25) is 4.90 Å². The molecule has 0 amide bonds. The van der Waals surface area contributed by atoms with Crippen molar-refractivity contribution in [2.24, 2.45) is 5.92 Å². The lowest BCUT2D eigenvalue weighted by Gasteiger charge is -2.32. The Balaban J connectivity index is 1.05. The van der Waals surface area contributed by atoms with Crippen LogP contribution in [0.4, 0.5) is 0 Å². The fourth-order valence-corrected chi connectivity index (χ4v) is 6.76. The van der Waals surface area contributed by atoms with E-state index in [1.54, 1.807) is 24.3 Å². The number of rotatable bonds is 9. The van der Waals surface area contributed by atoms with Gasteiger partial charge in [0.05, 0.1) is 41.5 Å². The maximum absolute atomic E-state index is 11.6. The Hall–Kier alpha value is -3.17. The molecule has 1 N–H and O–H groups in total. The third-order valence-corrected chi connectivity index (χ3v) is 9.41. The number of carboxylic acids is 1. The first kappa shape index (κ1) is 26.7. The van der Waals surface area contributed by atoms with Crippen LogP contribution in [0.1, 0.15) is 46.7 Å². The van der Waals surface area contributed by atoms with E-state index in [0.29, 0.717) is 35.0 Å². The van der Waals surface area contributed by atoms with E-state index in [-0.39, 0.29) is 17.1 Å². The first-order chi connectivity index (χ1) is 19.9. The molecule has 41 heavy (non-hydrogen) atoms. The number of aromatic nitrogens is 3. The third kappa shape index (κ3) is 5.18. The van der Waals surface area contributed by atoms with Crippen molar-refractivity contribution in [3.63, 3.8) is 0 Å². The molecule has 0 spiro atoms. The summed E-state index contributed by atoms with van der Waals surface area (Å²) in [7, 11) is 0. The minimum atomic E-state index is -0.931. The van der Waals surface area contributed by atoms with E-state index in [9.17, 15) is 9.90 Å². The predicted molar refractivity (Wildman–Crippen MR) is 156 cm³/mol. The van der Waals surface area contributed by atoms with Crippen molar-refractivity contribution in [2.75, 3.05) is 19.7 Å². The van der Waals surface area contributed by atoms with Crippen LogP contribution in [0, 0.1) is 5.92 Å². The zero-order valence-corrected chi connectivity index (χ0v) is 23.9. The van der Waals surface area contributed by atoms with Gasteiger partial charge in [-0.05, 0) is 68.1 Å². The van der Waals surface area contributed by atoms with Crippen LogP contribution >= 0.6 is 23.2 Å². The highest BCUT2D eigenvalue weighted by molar-refractivity contribution is 6.35. The van der Waals surface area contributed by atoms with Crippen molar-refractivity contribution in [3.05, 3.63) is 87.3 Å². The van der Waals surface area contributed by atoms with Crippen LogP contribution in [-0.4, -0.2) is 56.3 Å². The maximum Gasteiger partial charge on any atom is 0.335 e. The summed E-state index contributed by atoms with van der Waals surface area (Å²) < 4.78 is 13.9. The van der Waals surface area contributed by atoms with E-state index >= 15 is 0 Å². The Bertz CT molecular complexity index is 1640. The van der Waals surface area contributed by atoms with Gasteiger partial charge in [-0.1, -0.05) is 35.3 Å². The number of halogens is 2. The summed E-state index contributed by atoms with van der Waals surface area (Å²) in [6.07, 6.45) is 3.28. The summed E-state index contributed by atoms with van der Waals surface area (Å²) in [4.78, 5) is 23.9. The Kier molecular flexibility index (Phi) is 6.90. The summed E-state index contributed by atoms with van der Waals surface area (Å²) in [5.74, 6) is 1.15. The highest BCUT2D eigenvalue weighted by Gasteiger charge is 2.58. The number of imidazole rings is 1. The monoisotopic (exact) mass is 592 g/mol. The topological polar surface area (TPSA) is 89.7 Å². The van der Waals surface area contributed by atoms with Crippen LogP contribution in [-0.2, 0) is 29.8 Å². The summed E-state index contributed by atoms with van der Waals surface area (Å²) in [5, 5.41) is 10.7. The molecule has 3 aliphatic rings. The lowest BCUT2D eigenvalue weighted by atomic mass is 9.91. The summed E-state index contributed by atoms with van der Waals surface area (Å²) in [6, 6.07) is 16.6. The van der Waals surface area contributed by atoms with E-state index in [1.807, 2.05) is 24.3 Å². The minimum absolute atomic E-state index is 0.0874. The number of carboxylic acid groups (broad SMARTS) is 1. The van der Waals surface area contributed by atoms with Crippen LogP contribution in [0.5, 0.6) is 5.88 Å². The van der Waals surface area contributed by atoms with Gasteiger partial charge >= 0.3 is 5.97 Å². The average molecular weight is 594 g/mol. The molecule has 0 unspecified atom stereocenters. The van der Waals surface area contributed by atoms with Gasteiger partial charge in [0.2, 0.25) is 5.88 Å². The number of fused-ring (bicyclic) bond motifs is 2. The van der Waals surface area contributed by atoms with Gasteiger partial charge in [0, 0.05) is 40.2 Å². The molecule has 1 aliphatic carbocycles. The van der Waals surface area contributed by atoms with Gasteiger partial charge in [-0.25, -0.2) is 14.8 Å². The molecule has 2 aromatic carbocycles. The van der Waals surface area contributed by atoms with E-state index in [1.165, 1.54) is 0 Å². The van der Waals surface area contributed by atoms with E-state index in [0.717, 1.165) is 73.6 Å². The van der Waals surface area contributed by atoms with Crippen molar-refractivity contribution in [3.8, 4) is 5.88 Å². The molecule has 3 fully saturated rings. The van der Waals surface area contributed by atoms with Gasteiger partial charge in [0.1, 0.15) is 12.4 Å². The molecule has 7 rings (SSSR count). The number of nitrogens with zero attached hydrogens (tertiary/aromatic N) is 4. The molecule has 4 heterocycles. The van der Waals surface area contributed by atoms with Gasteiger partial charge in [-0.15, -0.1) is 0 Å². The summed E-state index contributed by atoms with van der Waals surface area (Å²) >= 11 is 12.3. The Labute approximate surface area is 247 Å². The quantitative estimate of drug-likeness (QED) is 0.256. The average Bonchev–Trinajstić information content (AvgIpc) is 3.58. The summed E-state index contributed by atoms with van der Waals surface area (Å²) in [5.41, 5.74) is 4.00. The molecule has 10 heteroatoms. The molecule has 4 aromatic rings. The number of benzene rings is 2. The number of aromatic carboxylic acids is 1. The smallest absolute Gasteiger partial charge is 0.335 e. The van der Waals surface area contributed by atoms with Gasteiger partial charge in [-0.2, -0.15) is 0 Å². The van der Waals surface area contributed by atoms with Gasteiger partial charge in [0.25, 0.3) is 0 Å². The Morgan fingerprint density at radius 3 is 2.78 bits per heavy atom. The number of ether oxygens (including phenoxy) is 2. The molecule has 3 atom stereocenters. The van der Waals surface area contributed by atoms with Crippen molar-refractivity contribution in [1.29, 1.82) is 0 Å². The second-order valence-corrected chi connectivity index (χ2v) is 12.2. The summed E-state index contributed by atoms with van der Waals surface area (Å²) in [6.45, 7) is 4.42. The number of hydrogen-bond acceptors (Lipinski definition) is 6. The SMILES string of the molecule is O=C(O)c1ccc2nc(CN3CC[C@]4(c5cccc(OCc6ccc(Cl)cc6Cl)n5)C[C@@H]4C3)n(C[C@@H]3CCO3)c2c1. The van der Waals surface area contributed by atoms with Crippen molar-refractivity contribution >= 4 is 40.2 Å². The van der Waals surface area contributed by atoms with Crippen LogP contribution < -0.4 is 4.74 Å². The van der Waals surface area contributed by atoms with Crippen LogP contribution in [0.15, 0.2) is 54.6 Å².